The Kier molecular flexibility index (Phi) is 6.46. The zero-order valence-electron chi connectivity index (χ0n) is 16.5. The Balaban J connectivity index is 1.66. The predicted octanol–water partition coefficient (Wildman–Crippen LogP) is 0.646. The largest absolute Gasteiger partial charge is 0.497 e. The first-order chi connectivity index (χ1) is 13.5. The van der Waals surface area contributed by atoms with Gasteiger partial charge >= 0.3 is 0 Å². The number of amides is 1. The van der Waals surface area contributed by atoms with E-state index in [0.29, 0.717) is 32.0 Å². The maximum Gasteiger partial charge on any atom is 0.220 e. The number of hydrogen-bond donors (Lipinski definition) is 3. The SMILES string of the molecule is COc1ccc(CN=C(NCc2nnc(C)n2C)NC2CCC(=O)NC2)cc1. The van der Waals surface area contributed by atoms with Crippen molar-refractivity contribution in [3.05, 3.63) is 41.5 Å². The quantitative estimate of drug-likeness (QED) is 0.498. The van der Waals surface area contributed by atoms with Crippen LogP contribution in [0.1, 0.15) is 30.1 Å². The van der Waals surface area contributed by atoms with Crippen LogP contribution in [0.2, 0.25) is 0 Å². The number of nitrogens with one attached hydrogen (secondary N) is 3. The highest BCUT2D eigenvalue weighted by molar-refractivity contribution is 5.81. The van der Waals surface area contributed by atoms with Crippen molar-refractivity contribution in [3.63, 3.8) is 0 Å². The molecule has 2 heterocycles. The summed E-state index contributed by atoms with van der Waals surface area (Å²) in [5, 5.41) is 17.9. The Morgan fingerprint density at radius 2 is 2.14 bits per heavy atom. The second kappa shape index (κ2) is 9.20. The Labute approximate surface area is 164 Å². The molecule has 1 unspecified atom stereocenters. The highest BCUT2D eigenvalue weighted by Crippen LogP contribution is 2.12. The molecule has 0 aliphatic carbocycles. The van der Waals surface area contributed by atoms with E-state index in [1.54, 1.807) is 7.11 Å². The number of aromatic nitrogens is 3. The Hall–Kier alpha value is -3.10. The van der Waals surface area contributed by atoms with Gasteiger partial charge in [0.15, 0.2) is 11.8 Å². The van der Waals surface area contributed by atoms with Gasteiger partial charge in [-0.05, 0) is 31.0 Å². The molecule has 150 valence electrons. The number of nitrogens with zero attached hydrogens (tertiary/aromatic N) is 4. The van der Waals surface area contributed by atoms with Crippen LogP contribution in [0.5, 0.6) is 5.75 Å². The summed E-state index contributed by atoms with van der Waals surface area (Å²) in [6.07, 6.45) is 1.30. The molecule has 0 bridgehead atoms. The van der Waals surface area contributed by atoms with Gasteiger partial charge in [0.1, 0.15) is 11.6 Å². The number of aliphatic imine (C=N–C) groups is 1. The molecule has 1 fully saturated rings. The topological polar surface area (TPSA) is 105 Å². The number of carbonyl (C=O) groups excluding carboxylic acids is 1. The first kappa shape index (κ1) is 19.7. The van der Waals surface area contributed by atoms with Gasteiger partial charge in [0.05, 0.1) is 20.2 Å². The van der Waals surface area contributed by atoms with Gasteiger partial charge in [-0.1, -0.05) is 12.1 Å². The second-order valence-corrected chi connectivity index (χ2v) is 6.77. The molecule has 0 spiro atoms. The van der Waals surface area contributed by atoms with Gasteiger partial charge in [-0.2, -0.15) is 0 Å². The third-order valence-electron chi connectivity index (χ3n) is 4.78. The monoisotopic (exact) mass is 385 g/mol. The van der Waals surface area contributed by atoms with E-state index in [4.69, 9.17) is 9.73 Å². The lowest BCUT2D eigenvalue weighted by Crippen LogP contribution is -2.51. The van der Waals surface area contributed by atoms with Crippen molar-refractivity contribution in [3.8, 4) is 5.75 Å². The third kappa shape index (κ3) is 5.21. The van der Waals surface area contributed by atoms with E-state index in [9.17, 15) is 4.79 Å². The van der Waals surface area contributed by atoms with Crippen LogP contribution in [0.25, 0.3) is 0 Å². The number of rotatable bonds is 6. The lowest BCUT2D eigenvalue weighted by atomic mass is 10.1. The molecule has 1 aromatic carbocycles. The number of hydrogen-bond acceptors (Lipinski definition) is 5. The van der Waals surface area contributed by atoms with E-state index < -0.39 is 0 Å². The summed E-state index contributed by atoms with van der Waals surface area (Å²) in [6, 6.07) is 7.97. The minimum atomic E-state index is 0.0947. The van der Waals surface area contributed by atoms with Crippen LogP contribution in [-0.2, 0) is 24.9 Å². The van der Waals surface area contributed by atoms with Crippen LogP contribution >= 0.6 is 0 Å². The predicted molar refractivity (Wildman–Crippen MR) is 106 cm³/mol. The summed E-state index contributed by atoms with van der Waals surface area (Å²) in [5.41, 5.74) is 1.08. The molecule has 3 rings (SSSR count). The molecule has 9 nitrogen and oxygen atoms in total. The molecule has 1 aliphatic rings. The molecule has 1 aliphatic heterocycles. The average molecular weight is 385 g/mol. The van der Waals surface area contributed by atoms with E-state index >= 15 is 0 Å². The van der Waals surface area contributed by atoms with E-state index in [0.717, 1.165) is 29.4 Å². The molecule has 2 aromatic rings. The average Bonchev–Trinajstić information content (AvgIpc) is 3.04. The second-order valence-electron chi connectivity index (χ2n) is 6.77. The number of piperidine rings is 1. The molecule has 1 amide bonds. The van der Waals surface area contributed by atoms with Crippen molar-refractivity contribution in [1.29, 1.82) is 0 Å². The zero-order chi connectivity index (χ0) is 19.9. The first-order valence-electron chi connectivity index (χ1n) is 9.34. The molecule has 1 atom stereocenters. The van der Waals surface area contributed by atoms with Gasteiger partial charge in [-0.15, -0.1) is 10.2 Å². The van der Waals surface area contributed by atoms with E-state index in [-0.39, 0.29) is 11.9 Å². The Morgan fingerprint density at radius 3 is 2.75 bits per heavy atom. The zero-order valence-corrected chi connectivity index (χ0v) is 16.5. The molecule has 1 aromatic heterocycles. The molecule has 0 radical (unpaired) electrons. The van der Waals surface area contributed by atoms with Crippen LogP contribution in [0, 0.1) is 6.92 Å². The van der Waals surface area contributed by atoms with E-state index in [2.05, 4.69) is 26.1 Å². The fourth-order valence-electron chi connectivity index (χ4n) is 2.87. The molecule has 1 saturated heterocycles. The minimum absolute atomic E-state index is 0.0947. The minimum Gasteiger partial charge on any atom is -0.497 e. The van der Waals surface area contributed by atoms with Gasteiger partial charge in [0.2, 0.25) is 5.91 Å². The summed E-state index contributed by atoms with van der Waals surface area (Å²) < 4.78 is 7.13. The van der Waals surface area contributed by atoms with E-state index in [1.807, 2.05) is 42.8 Å². The molecule has 3 N–H and O–H groups in total. The van der Waals surface area contributed by atoms with Crippen molar-refractivity contribution < 1.29 is 9.53 Å². The number of aryl methyl sites for hydroxylation is 1. The van der Waals surface area contributed by atoms with Crippen molar-refractivity contribution >= 4 is 11.9 Å². The van der Waals surface area contributed by atoms with Crippen LogP contribution in [-0.4, -0.2) is 46.3 Å². The van der Waals surface area contributed by atoms with Crippen molar-refractivity contribution in [2.24, 2.45) is 12.0 Å². The Morgan fingerprint density at radius 1 is 1.36 bits per heavy atom. The smallest absolute Gasteiger partial charge is 0.220 e. The van der Waals surface area contributed by atoms with Crippen LogP contribution in [0.15, 0.2) is 29.3 Å². The maximum absolute atomic E-state index is 11.4. The Bertz CT molecular complexity index is 819. The van der Waals surface area contributed by atoms with Crippen LogP contribution in [0.3, 0.4) is 0 Å². The number of methoxy groups -OCH3 is 1. The first-order valence-corrected chi connectivity index (χ1v) is 9.34. The highest BCUT2D eigenvalue weighted by atomic mass is 16.5. The third-order valence-corrected chi connectivity index (χ3v) is 4.78. The number of ether oxygens (including phenoxy) is 1. The van der Waals surface area contributed by atoms with Crippen molar-refractivity contribution in [1.82, 2.24) is 30.7 Å². The summed E-state index contributed by atoms with van der Waals surface area (Å²) >= 11 is 0. The molecule has 0 saturated carbocycles. The number of guanidine groups is 1. The van der Waals surface area contributed by atoms with Gasteiger partial charge in [0, 0.05) is 26.1 Å². The van der Waals surface area contributed by atoms with Crippen LogP contribution < -0.4 is 20.7 Å². The van der Waals surface area contributed by atoms with Crippen molar-refractivity contribution in [2.45, 2.75) is 38.9 Å². The normalized spacial score (nSPS) is 17.2. The standard InChI is InChI=1S/C19H27N7O2/c1-13-24-25-17(26(13)2)12-22-19(23-15-6-9-18(27)20-11-15)21-10-14-4-7-16(28-3)8-5-14/h4-5,7-8,15H,6,9-12H2,1-3H3,(H,20,27)(H2,21,22,23). The van der Waals surface area contributed by atoms with Gasteiger partial charge < -0.3 is 25.3 Å². The fraction of sp³-hybridized carbons (Fsp3) is 0.474. The summed E-state index contributed by atoms with van der Waals surface area (Å²) in [7, 11) is 3.58. The summed E-state index contributed by atoms with van der Waals surface area (Å²) in [6.45, 7) is 3.53. The number of carbonyl (C=O) groups is 1. The lowest BCUT2D eigenvalue weighted by Gasteiger charge is -2.25. The maximum atomic E-state index is 11.4. The lowest BCUT2D eigenvalue weighted by molar-refractivity contribution is -0.122. The van der Waals surface area contributed by atoms with Crippen LogP contribution in [0.4, 0.5) is 0 Å². The molecule has 9 heteroatoms. The summed E-state index contributed by atoms with van der Waals surface area (Å²) in [4.78, 5) is 16.1. The van der Waals surface area contributed by atoms with Gasteiger partial charge in [-0.25, -0.2) is 4.99 Å². The molecular weight excluding hydrogens is 358 g/mol. The fourth-order valence-corrected chi connectivity index (χ4v) is 2.87. The van der Waals surface area contributed by atoms with E-state index in [1.165, 1.54) is 0 Å². The van der Waals surface area contributed by atoms with Crippen molar-refractivity contribution in [2.75, 3.05) is 13.7 Å². The molecule has 28 heavy (non-hydrogen) atoms. The summed E-state index contributed by atoms with van der Waals surface area (Å²) in [5.74, 6) is 3.28. The molecular formula is C19H27N7O2. The number of benzene rings is 1. The van der Waals surface area contributed by atoms with Gasteiger partial charge in [-0.3, -0.25) is 4.79 Å². The van der Waals surface area contributed by atoms with Gasteiger partial charge in [0.25, 0.3) is 0 Å². The highest BCUT2D eigenvalue weighted by Gasteiger charge is 2.19.